The van der Waals surface area contributed by atoms with Crippen molar-refractivity contribution in [2.45, 2.75) is 33.2 Å². The molecule has 1 saturated heterocycles. The number of anilines is 1. The molecule has 1 aromatic carbocycles. The van der Waals surface area contributed by atoms with Gasteiger partial charge in [0, 0.05) is 18.3 Å². The van der Waals surface area contributed by atoms with Crippen molar-refractivity contribution in [1.82, 2.24) is 4.90 Å². The zero-order valence-corrected chi connectivity index (χ0v) is 17.4. The zero-order valence-electron chi connectivity index (χ0n) is 16.5. The third-order valence-corrected chi connectivity index (χ3v) is 6.72. The van der Waals surface area contributed by atoms with Crippen molar-refractivity contribution in [3.63, 3.8) is 0 Å². The van der Waals surface area contributed by atoms with E-state index in [0.717, 1.165) is 21.7 Å². The van der Waals surface area contributed by atoms with Crippen LogP contribution in [0.4, 0.5) is 5.69 Å². The molecule has 1 heterocycles. The van der Waals surface area contributed by atoms with Gasteiger partial charge in [-0.2, -0.15) is 0 Å². The van der Waals surface area contributed by atoms with Gasteiger partial charge >= 0.3 is 0 Å². The monoisotopic (exact) mass is 396 g/mol. The Morgan fingerprint density at radius 1 is 1.22 bits per heavy atom. The van der Waals surface area contributed by atoms with Crippen molar-refractivity contribution in [1.29, 1.82) is 0 Å². The number of amides is 2. The van der Waals surface area contributed by atoms with Crippen molar-refractivity contribution in [2.75, 3.05) is 43.5 Å². The number of nitrogens with zero attached hydrogens (tertiary/aromatic N) is 1. The first kappa shape index (κ1) is 21.4. The molecule has 2 amide bonds. The van der Waals surface area contributed by atoms with Crippen molar-refractivity contribution in [3.8, 4) is 0 Å². The number of likely N-dealkylation sites (N-methyl/N-ethyl adjacent to an activating group) is 2. The fourth-order valence-corrected chi connectivity index (χ4v) is 5.28. The van der Waals surface area contributed by atoms with Crippen molar-refractivity contribution in [3.05, 3.63) is 29.3 Å². The Morgan fingerprint density at radius 3 is 2.37 bits per heavy atom. The summed E-state index contributed by atoms with van der Waals surface area (Å²) in [5.74, 6) is -0.0813. The van der Waals surface area contributed by atoms with E-state index in [4.69, 9.17) is 0 Å². The maximum Gasteiger partial charge on any atom is 0.279 e. The van der Waals surface area contributed by atoms with Gasteiger partial charge in [0.1, 0.15) is 0 Å². The van der Waals surface area contributed by atoms with E-state index in [-0.39, 0.29) is 42.5 Å². The second-order valence-electron chi connectivity index (χ2n) is 7.36. The molecule has 2 atom stereocenters. The number of quaternary nitrogens is 1. The summed E-state index contributed by atoms with van der Waals surface area (Å²) in [6.07, 6.45) is 0.494. The second-order valence-corrected chi connectivity index (χ2v) is 9.59. The van der Waals surface area contributed by atoms with E-state index in [1.807, 2.05) is 39.0 Å². The molecular formula is C19H30N3O4S+. The van der Waals surface area contributed by atoms with E-state index < -0.39 is 9.84 Å². The van der Waals surface area contributed by atoms with Gasteiger partial charge in [-0.1, -0.05) is 18.2 Å². The molecule has 0 aliphatic carbocycles. The number of rotatable bonds is 7. The van der Waals surface area contributed by atoms with Gasteiger partial charge < -0.3 is 15.1 Å². The highest BCUT2D eigenvalue weighted by atomic mass is 32.2. The summed E-state index contributed by atoms with van der Waals surface area (Å²) in [6.45, 7) is 6.53. The van der Waals surface area contributed by atoms with Crippen LogP contribution < -0.4 is 10.2 Å². The molecular weight excluding hydrogens is 366 g/mol. The Labute approximate surface area is 161 Å². The molecule has 0 bridgehead atoms. The van der Waals surface area contributed by atoms with Gasteiger partial charge in [-0.05, 0) is 38.3 Å². The molecule has 0 saturated carbocycles. The molecule has 150 valence electrons. The van der Waals surface area contributed by atoms with Crippen LogP contribution in [0, 0.1) is 13.8 Å². The SMILES string of the molecule is CCN(C(=O)C[NH+](C)CC(=O)Nc1c(C)cccc1C)[C@@H]1CCS(=O)(=O)C1. The Kier molecular flexibility index (Phi) is 7.00. The number of aryl methyl sites for hydroxylation is 2. The molecule has 0 spiro atoms. The molecule has 1 aliphatic heterocycles. The molecule has 8 heteroatoms. The third-order valence-electron chi connectivity index (χ3n) is 4.97. The maximum atomic E-state index is 12.6. The van der Waals surface area contributed by atoms with Crippen LogP contribution in [0.5, 0.6) is 0 Å². The Bertz CT molecular complexity index is 787. The van der Waals surface area contributed by atoms with E-state index in [9.17, 15) is 18.0 Å². The quantitative estimate of drug-likeness (QED) is 0.668. The van der Waals surface area contributed by atoms with Crippen LogP contribution in [0.1, 0.15) is 24.5 Å². The average Bonchev–Trinajstić information content (AvgIpc) is 2.91. The average molecular weight is 397 g/mol. The standard InChI is InChI=1S/C19H29N3O4S/c1-5-22(16-9-10-27(25,26)13-16)18(24)12-21(4)11-17(23)20-19-14(2)7-6-8-15(19)3/h6-8,16H,5,9-13H2,1-4H3,(H,20,23)/p+1/t16-/m1/s1. The fourth-order valence-electron chi connectivity index (χ4n) is 3.55. The summed E-state index contributed by atoms with van der Waals surface area (Å²) in [6, 6.07) is 5.58. The summed E-state index contributed by atoms with van der Waals surface area (Å²) in [5.41, 5.74) is 2.81. The minimum Gasteiger partial charge on any atom is -0.334 e. The highest BCUT2D eigenvalue weighted by molar-refractivity contribution is 7.91. The number of hydrogen-bond donors (Lipinski definition) is 2. The Balaban J connectivity index is 1.91. The fraction of sp³-hybridized carbons (Fsp3) is 0.579. The van der Waals surface area contributed by atoms with Crippen LogP contribution in [0.2, 0.25) is 0 Å². The number of hydrogen-bond acceptors (Lipinski definition) is 4. The summed E-state index contributed by atoms with van der Waals surface area (Å²) in [5, 5.41) is 2.93. The van der Waals surface area contributed by atoms with Crippen LogP contribution in [0.15, 0.2) is 18.2 Å². The van der Waals surface area contributed by atoms with E-state index >= 15 is 0 Å². The lowest BCUT2D eigenvalue weighted by Crippen LogP contribution is -3.11. The largest absolute Gasteiger partial charge is 0.334 e. The van der Waals surface area contributed by atoms with Crippen molar-refractivity contribution in [2.24, 2.45) is 0 Å². The summed E-state index contributed by atoms with van der Waals surface area (Å²) < 4.78 is 23.4. The van der Waals surface area contributed by atoms with Gasteiger partial charge in [0.2, 0.25) is 0 Å². The van der Waals surface area contributed by atoms with Crippen molar-refractivity contribution >= 4 is 27.3 Å². The van der Waals surface area contributed by atoms with Crippen LogP contribution in [0.3, 0.4) is 0 Å². The van der Waals surface area contributed by atoms with Crippen molar-refractivity contribution < 1.29 is 22.9 Å². The second kappa shape index (κ2) is 8.84. The lowest BCUT2D eigenvalue weighted by Gasteiger charge is -2.27. The molecule has 27 heavy (non-hydrogen) atoms. The van der Waals surface area contributed by atoms with Crippen LogP contribution in [-0.4, -0.2) is 69.4 Å². The van der Waals surface area contributed by atoms with Gasteiger partial charge in [0.05, 0.1) is 18.6 Å². The maximum absolute atomic E-state index is 12.6. The van der Waals surface area contributed by atoms with E-state index in [1.165, 1.54) is 0 Å². The van der Waals surface area contributed by atoms with Crippen LogP contribution in [0.25, 0.3) is 0 Å². The lowest BCUT2D eigenvalue weighted by atomic mass is 10.1. The molecule has 1 aliphatic rings. The number of benzene rings is 1. The third kappa shape index (κ3) is 5.77. The summed E-state index contributed by atoms with van der Waals surface area (Å²) >= 11 is 0. The zero-order chi connectivity index (χ0) is 20.2. The smallest absolute Gasteiger partial charge is 0.279 e. The predicted molar refractivity (Wildman–Crippen MR) is 106 cm³/mol. The molecule has 0 aromatic heterocycles. The molecule has 0 radical (unpaired) electrons. The highest BCUT2D eigenvalue weighted by Crippen LogP contribution is 2.19. The van der Waals surface area contributed by atoms with Gasteiger partial charge in [0.25, 0.3) is 11.8 Å². The molecule has 2 N–H and O–H groups in total. The molecule has 7 nitrogen and oxygen atoms in total. The number of para-hydroxylation sites is 1. The lowest BCUT2D eigenvalue weighted by molar-refractivity contribution is -0.862. The molecule has 2 rings (SSSR count). The van der Waals surface area contributed by atoms with Crippen LogP contribution in [-0.2, 0) is 19.4 Å². The summed E-state index contributed by atoms with van der Waals surface area (Å²) in [4.78, 5) is 27.4. The first-order chi connectivity index (χ1) is 12.6. The number of nitrogens with one attached hydrogen (secondary N) is 2. The molecule has 1 unspecified atom stereocenters. The number of carbonyl (C=O) groups excluding carboxylic acids is 2. The van der Waals surface area contributed by atoms with Crippen LogP contribution >= 0.6 is 0 Å². The summed E-state index contributed by atoms with van der Waals surface area (Å²) in [7, 11) is -1.25. The first-order valence-corrected chi connectivity index (χ1v) is 11.1. The Hall–Kier alpha value is -1.93. The van der Waals surface area contributed by atoms with E-state index in [2.05, 4.69) is 5.32 Å². The minimum atomic E-state index is -3.04. The topological polar surface area (TPSA) is 88.0 Å². The first-order valence-electron chi connectivity index (χ1n) is 9.30. The van der Waals surface area contributed by atoms with Gasteiger partial charge in [-0.25, -0.2) is 8.42 Å². The predicted octanol–water partition coefficient (Wildman–Crippen LogP) is -0.208. The van der Waals surface area contributed by atoms with E-state index in [0.29, 0.717) is 13.0 Å². The normalized spacial score (nSPS) is 19.5. The highest BCUT2D eigenvalue weighted by Gasteiger charge is 2.34. The van der Waals surface area contributed by atoms with Gasteiger partial charge in [0.15, 0.2) is 22.9 Å². The minimum absolute atomic E-state index is 0.0404. The van der Waals surface area contributed by atoms with E-state index in [1.54, 1.807) is 11.9 Å². The Morgan fingerprint density at radius 2 is 1.85 bits per heavy atom. The van der Waals surface area contributed by atoms with Gasteiger partial charge in [-0.3, -0.25) is 9.59 Å². The number of carbonyl (C=O) groups is 2. The van der Waals surface area contributed by atoms with Gasteiger partial charge in [-0.15, -0.1) is 0 Å². The molecule has 1 fully saturated rings. The molecule has 1 aromatic rings. The number of sulfone groups is 1.